The topological polar surface area (TPSA) is 24.5 Å². The first-order chi connectivity index (χ1) is 7.65. The zero-order chi connectivity index (χ0) is 11.6. The Labute approximate surface area is 99.5 Å². The highest BCUT2D eigenvalue weighted by atomic mass is 16.5. The first-order valence-corrected chi connectivity index (χ1v) is 6.74. The van der Waals surface area contributed by atoms with Gasteiger partial charge in [0, 0.05) is 24.7 Å². The van der Waals surface area contributed by atoms with Gasteiger partial charge >= 0.3 is 0 Å². The molecule has 2 aliphatic heterocycles. The van der Waals surface area contributed by atoms with E-state index in [1.165, 1.54) is 19.3 Å². The molecule has 3 nitrogen and oxygen atoms in total. The zero-order valence-electron chi connectivity index (χ0n) is 11.0. The molecule has 0 radical (unpaired) electrons. The molecule has 16 heavy (non-hydrogen) atoms. The lowest BCUT2D eigenvalue weighted by molar-refractivity contribution is -0.116. The van der Waals surface area contributed by atoms with E-state index in [0.29, 0.717) is 17.7 Å². The highest BCUT2D eigenvalue weighted by Gasteiger charge is 2.40. The first kappa shape index (κ1) is 12.3. The molecule has 2 rings (SSSR count). The zero-order valence-corrected chi connectivity index (χ0v) is 11.0. The van der Waals surface area contributed by atoms with Crippen molar-refractivity contribution in [1.29, 1.82) is 0 Å². The van der Waals surface area contributed by atoms with E-state index in [1.807, 2.05) is 0 Å². The van der Waals surface area contributed by atoms with Crippen LogP contribution >= 0.6 is 0 Å². The minimum Gasteiger partial charge on any atom is -0.375 e. The van der Waals surface area contributed by atoms with Gasteiger partial charge in [-0.05, 0) is 33.2 Å². The molecule has 0 aromatic carbocycles. The molecule has 2 fully saturated rings. The summed E-state index contributed by atoms with van der Waals surface area (Å²) in [5.74, 6) is 0. The molecule has 0 amide bonds. The summed E-state index contributed by atoms with van der Waals surface area (Å²) in [6.45, 7) is 11.3. The van der Waals surface area contributed by atoms with E-state index < -0.39 is 0 Å². The summed E-state index contributed by atoms with van der Waals surface area (Å²) in [7, 11) is 0. The lowest BCUT2D eigenvalue weighted by atomic mass is 9.90. The monoisotopic (exact) mass is 226 g/mol. The van der Waals surface area contributed by atoms with E-state index in [-0.39, 0.29) is 0 Å². The highest BCUT2D eigenvalue weighted by molar-refractivity contribution is 4.95. The maximum absolute atomic E-state index is 5.90. The summed E-state index contributed by atoms with van der Waals surface area (Å²) in [6.07, 6.45) is 4.17. The van der Waals surface area contributed by atoms with Gasteiger partial charge in [-0.3, -0.25) is 4.90 Å². The van der Waals surface area contributed by atoms with Crippen LogP contribution < -0.4 is 5.32 Å². The van der Waals surface area contributed by atoms with E-state index >= 15 is 0 Å². The molecule has 2 saturated heterocycles. The fourth-order valence-electron chi connectivity index (χ4n) is 3.30. The van der Waals surface area contributed by atoms with Crippen molar-refractivity contribution < 1.29 is 4.74 Å². The van der Waals surface area contributed by atoms with Gasteiger partial charge in [-0.15, -0.1) is 0 Å². The number of rotatable bonds is 3. The number of ether oxygens (including phenoxy) is 1. The van der Waals surface area contributed by atoms with Crippen LogP contribution in [0.2, 0.25) is 0 Å². The molecule has 0 saturated carbocycles. The second-order valence-electron chi connectivity index (χ2n) is 5.73. The fourth-order valence-corrected chi connectivity index (χ4v) is 3.30. The number of hydrogen-bond donors (Lipinski definition) is 1. The second-order valence-corrected chi connectivity index (χ2v) is 5.73. The molecule has 1 N–H and O–H groups in total. The number of morpholine rings is 1. The van der Waals surface area contributed by atoms with Gasteiger partial charge in [0.15, 0.2) is 0 Å². The van der Waals surface area contributed by atoms with Crippen molar-refractivity contribution >= 4 is 0 Å². The van der Waals surface area contributed by atoms with Crippen LogP contribution in [-0.2, 0) is 4.74 Å². The van der Waals surface area contributed by atoms with Gasteiger partial charge in [0.1, 0.15) is 0 Å². The van der Waals surface area contributed by atoms with Gasteiger partial charge in [0.25, 0.3) is 0 Å². The Morgan fingerprint density at radius 2 is 2.25 bits per heavy atom. The normalized spacial score (nSPS) is 32.4. The Balaban J connectivity index is 2.06. The van der Waals surface area contributed by atoms with Crippen molar-refractivity contribution in [2.24, 2.45) is 0 Å². The lowest BCUT2D eigenvalue weighted by Crippen LogP contribution is -2.64. The van der Waals surface area contributed by atoms with Gasteiger partial charge in [0.2, 0.25) is 0 Å². The number of hydrogen-bond acceptors (Lipinski definition) is 3. The van der Waals surface area contributed by atoms with Crippen LogP contribution in [0.1, 0.15) is 40.0 Å². The average molecular weight is 226 g/mol. The van der Waals surface area contributed by atoms with Gasteiger partial charge in [0.05, 0.1) is 12.7 Å². The third-order valence-electron chi connectivity index (χ3n) is 4.09. The third kappa shape index (κ3) is 2.41. The minimum atomic E-state index is 0.320. The Kier molecular flexibility index (Phi) is 3.88. The van der Waals surface area contributed by atoms with Gasteiger partial charge in [-0.1, -0.05) is 13.3 Å². The smallest absolute Gasteiger partial charge is 0.0755 e. The summed E-state index contributed by atoms with van der Waals surface area (Å²) < 4.78 is 5.90. The quantitative estimate of drug-likeness (QED) is 0.791. The lowest BCUT2D eigenvalue weighted by Gasteiger charge is -2.51. The molecule has 2 heterocycles. The molecule has 0 aliphatic carbocycles. The van der Waals surface area contributed by atoms with Crippen LogP contribution in [0.3, 0.4) is 0 Å². The van der Waals surface area contributed by atoms with E-state index in [2.05, 4.69) is 31.0 Å². The van der Waals surface area contributed by atoms with Crippen LogP contribution in [0.15, 0.2) is 0 Å². The van der Waals surface area contributed by atoms with Gasteiger partial charge in [-0.25, -0.2) is 0 Å². The van der Waals surface area contributed by atoms with Gasteiger partial charge < -0.3 is 10.1 Å². The summed E-state index contributed by atoms with van der Waals surface area (Å²) in [6, 6.07) is 0.587. The second kappa shape index (κ2) is 5.03. The van der Waals surface area contributed by atoms with Gasteiger partial charge in [-0.2, -0.15) is 0 Å². The Morgan fingerprint density at radius 3 is 3.00 bits per heavy atom. The molecule has 0 bridgehead atoms. The summed E-state index contributed by atoms with van der Waals surface area (Å²) >= 11 is 0. The van der Waals surface area contributed by atoms with Crippen molar-refractivity contribution in [3.05, 3.63) is 0 Å². The molecule has 2 atom stereocenters. The summed E-state index contributed by atoms with van der Waals surface area (Å²) in [4.78, 5) is 2.68. The minimum absolute atomic E-state index is 0.320. The standard InChI is InChI=1S/C13H26N2O/c1-4-6-13(2,3)15-8-9-16-12-5-7-14-10-11(12)15/h11-12,14H,4-10H2,1-3H3. The van der Waals surface area contributed by atoms with Crippen LogP contribution in [0.5, 0.6) is 0 Å². The summed E-state index contributed by atoms with van der Waals surface area (Å²) in [5, 5.41) is 3.51. The van der Waals surface area contributed by atoms with Crippen LogP contribution in [0.25, 0.3) is 0 Å². The molecular weight excluding hydrogens is 200 g/mol. The third-order valence-corrected chi connectivity index (χ3v) is 4.09. The van der Waals surface area contributed by atoms with E-state index in [1.54, 1.807) is 0 Å². The first-order valence-electron chi connectivity index (χ1n) is 6.74. The van der Waals surface area contributed by atoms with E-state index in [4.69, 9.17) is 4.74 Å². The van der Waals surface area contributed by atoms with Crippen molar-refractivity contribution in [1.82, 2.24) is 10.2 Å². The molecule has 0 spiro atoms. The van der Waals surface area contributed by atoms with Crippen LogP contribution in [0, 0.1) is 0 Å². The Morgan fingerprint density at radius 1 is 1.44 bits per heavy atom. The fraction of sp³-hybridized carbons (Fsp3) is 1.00. The number of fused-ring (bicyclic) bond motifs is 1. The highest BCUT2D eigenvalue weighted by Crippen LogP contribution is 2.29. The van der Waals surface area contributed by atoms with Crippen molar-refractivity contribution in [2.45, 2.75) is 57.7 Å². The number of nitrogens with one attached hydrogen (secondary N) is 1. The average Bonchev–Trinajstić information content (AvgIpc) is 2.28. The summed E-state index contributed by atoms with van der Waals surface area (Å²) in [5.41, 5.74) is 0.320. The van der Waals surface area contributed by atoms with Crippen molar-refractivity contribution in [3.8, 4) is 0 Å². The molecule has 3 heteroatoms. The molecule has 0 aromatic rings. The van der Waals surface area contributed by atoms with E-state index in [0.717, 1.165) is 26.2 Å². The van der Waals surface area contributed by atoms with E-state index in [9.17, 15) is 0 Å². The van der Waals surface area contributed by atoms with Crippen molar-refractivity contribution in [3.63, 3.8) is 0 Å². The van der Waals surface area contributed by atoms with Crippen LogP contribution in [-0.4, -0.2) is 48.8 Å². The predicted octanol–water partition coefficient (Wildman–Crippen LogP) is 1.63. The SMILES string of the molecule is CCCC(C)(C)N1CCOC2CCNCC21. The molecule has 2 aliphatic rings. The van der Waals surface area contributed by atoms with Crippen molar-refractivity contribution in [2.75, 3.05) is 26.2 Å². The Hall–Kier alpha value is -0.120. The predicted molar refractivity (Wildman–Crippen MR) is 66.7 cm³/mol. The molecule has 0 aromatic heterocycles. The number of piperidine rings is 1. The van der Waals surface area contributed by atoms with Crippen LogP contribution in [0.4, 0.5) is 0 Å². The molecule has 2 unspecified atom stereocenters. The maximum Gasteiger partial charge on any atom is 0.0755 e. The number of nitrogens with zero attached hydrogens (tertiary/aromatic N) is 1. The Bertz CT molecular complexity index is 228. The molecular formula is C13H26N2O. The maximum atomic E-state index is 5.90. The largest absolute Gasteiger partial charge is 0.375 e. The molecule has 94 valence electrons.